The molecule has 1 aromatic carbocycles. The van der Waals surface area contributed by atoms with Crippen molar-refractivity contribution in [2.75, 3.05) is 7.11 Å². The molecule has 2 unspecified atom stereocenters. The Morgan fingerprint density at radius 1 is 1.29 bits per heavy atom. The maximum atomic E-state index is 5.75. The summed E-state index contributed by atoms with van der Waals surface area (Å²) in [5.41, 5.74) is 0.804. The molecule has 0 N–H and O–H groups in total. The van der Waals surface area contributed by atoms with Crippen molar-refractivity contribution in [3.05, 3.63) is 48.0 Å². The van der Waals surface area contributed by atoms with E-state index in [0.29, 0.717) is 0 Å². The Labute approximate surface area is 84.2 Å². The zero-order chi connectivity index (χ0) is 10.0. The van der Waals surface area contributed by atoms with Crippen LogP contribution in [-0.4, -0.2) is 13.4 Å². The van der Waals surface area contributed by atoms with Crippen molar-refractivity contribution in [2.24, 2.45) is 0 Å². The van der Waals surface area contributed by atoms with E-state index in [0.717, 1.165) is 5.56 Å². The van der Waals surface area contributed by atoms with Crippen molar-refractivity contribution in [3.8, 4) is 0 Å². The Kier molecular flexibility index (Phi) is 2.40. The highest BCUT2D eigenvalue weighted by atomic mass is 16.7. The average Bonchev–Trinajstić information content (AvgIpc) is 2.63. The summed E-state index contributed by atoms with van der Waals surface area (Å²) in [6, 6.07) is 10.1. The van der Waals surface area contributed by atoms with E-state index < -0.39 is 0 Å². The molecule has 74 valence electrons. The van der Waals surface area contributed by atoms with Gasteiger partial charge in [0, 0.05) is 7.11 Å². The van der Waals surface area contributed by atoms with Gasteiger partial charge in [-0.2, -0.15) is 0 Å². The first-order valence-electron chi connectivity index (χ1n) is 4.70. The van der Waals surface area contributed by atoms with Gasteiger partial charge >= 0.3 is 0 Å². The second-order valence-corrected chi connectivity index (χ2v) is 3.55. The lowest BCUT2D eigenvalue weighted by atomic mass is 9.97. The summed E-state index contributed by atoms with van der Waals surface area (Å²) in [5, 5.41) is 0. The highest BCUT2D eigenvalue weighted by Crippen LogP contribution is 2.33. The summed E-state index contributed by atoms with van der Waals surface area (Å²) in [6.45, 7) is 2.04. The third kappa shape index (κ3) is 1.59. The molecular formula is C12H14O2. The second-order valence-electron chi connectivity index (χ2n) is 3.55. The average molecular weight is 190 g/mol. The van der Waals surface area contributed by atoms with Crippen LogP contribution in [0, 0.1) is 0 Å². The summed E-state index contributed by atoms with van der Waals surface area (Å²) in [5.74, 6) is 0. The van der Waals surface area contributed by atoms with Crippen molar-refractivity contribution >= 4 is 0 Å². The molecule has 1 aliphatic heterocycles. The van der Waals surface area contributed by atoms with Crippen molar-refractivity contribution in [2.45, 2.75) is 18.8 Å². The van der Waals surface area contributed by atoms with Gasteiger partial charge in [0.05, 0.1) is 0 Å². The SMILES string of the molecule is COC1C=CC(C)(c2ccccc2)O1. The zero-order valence-corrected chi connectivity index (χ0v) is 8.44. The zero-order valence-electron chi connectivity index (χ0n) is 8.44. The number of ether oxygens (including phenoxy) is 2. The fourth-order valence-corrected chi connectivity index (χ4v) is 1.64. The quantitative estimate of drug-likeness (QED) is 0.667. The van der Waals surface area contributed by atoms with E-state index in [1.165, 1.54) is 0 Å². The van der Waals surface area contributed by atoms with E-state index in [2.05, 4.69) is 12.1 Å². The van der Waals surface area contributed by atoms with Crippen LogP contribution in [0.4, 0.5) is 0 Å². The minimum absolute atomic E-state index is 0.222. The fourth-order valence-electron chi connectivity index (χ4n) is 1.64. The van der Waals surface area contributed by atoms with E-state index >= 15 is 0 Å². The molecular weight excluding hydrogens is 176 g/mol. The van der Waals surface area contributed by atoms with Crippen LogP contribution in [0.1, 0.15) is 12.5 Å². The van der Waals surface area contributed by atoms with Crippen molar-refractivity contribution < 1.29 is 9.47 Å². The number of methoxy groups -OCH3 is 1. The third-order valence-corrected chi connectivity index (χ3v) is 2.51. The molecule has 2 nitrogen and oxygen atoms in total. The monoisotopic (exact) mass is 190 g/mol. The Balaban J connectivity index is 2.24. The van der Waals surface area contributed by atoms with Crippen LogP contribution >= 0.6 is 0 Å². The van der Waals surface area contributed by atoms with Crippen LogP contribution in [0.2, 0.25) is 0 Å². The van der Waals surface area contributed by atoms with Crippen LogP contribution < -0.4 is 0 Å². The molecule has 2 atom stereocenters. The first-order chi connectivity index (χ1) is 6.74. The van der Waals surface area contributed by atoms with Gasteiger partial charge in [-0.25, -0.2) is 0 Å². The first-order valence-corrected chi connectivity index (χ1v) is 4.70. The van der Waals surface area contributed by atoms with E-state index in [1.807, 2.05) is 37.3 Å². The highest BCUT2D eigenvalue weighted by Gasteiger charge is 2.32. The smallest absolute Gasteiger partial charge is 0.178 e. The topological polar surface area (TPSA) is 18.5 Å². The lowest BCUT2D eigenvalue weighted by molar-refractivity contribution is -0.137. The van der Waals surface area contributed by atoms with Gasteiger partial charge in [-0.3, -0.25) is 0 Å². The molecule has 2 rings (SSSR count). The number of hydrogen-bond donors (Lipinski definition) is 0. The maximum Gasteiger partial charge on any atom is 0.178 e. The molecule has 14 heavy (non-hydrogen) atoms. The van der Waals surface area contributed by atoms with Gasteiger partial charge in [-0.1, -0.05) is 30.3 Å². The van der Waals surface area contributed by atoms with Crippen molar-refractivity contribution in [1.82, 2.24) is 0 Å². The summed E-state index contributed by atoms with van der Waals surface area (Å²) in [7, 11) is 1.64. The standard InChI is InChI=1S/C12H14O2/c1-12(9-8-11(13-2)14-12)10-6-4-3-5-7-10/h3-9,11H,1-2H3. The Bertz CT molecular complexity index is 331. The van der Waals surface area contributed by atoms with Crippen LogP contribution in [0.3, 0.4) is 0 Å². The number of hydrogen-bond acceptors (Lipinski definition) is 2. The molecule has 0 aromatic heterocycles. The predicted octanol–water partition coefficient (Wildman–Crippen LogP) is 2.46. The lowest BCUT2D eigenvalue weighted by Gasteiger charge is -2.24. The summed E-state index contributed by atoms with van der Waals surface area (Å²) in [6.07, 6.45) is 3.75. The van der Waals surface area contributed by atoms with Gasteiger partial charge in [0.15, 0.2) is 6.29 Å². The minimum Gasteiger partial charge on any atom is -0.352 e. The second kappa shape index (κ2) is 3.56. The first kappa shape index (κ1) is 9.44. The largest absolute Gasteiger partial charge is 0.352 e. The van der Waals surface area contributed by atoms with Crippen molar-refractivity contribution in [3.63, 3.8) is 0 Å². The summed E-state index contributed by atoms with van der Waals surface area (Å²) < 4.78 is 10.9. The van der Waals surface area contributed by atoms with Gasteiger partial charge in [0.2, 0.25) is 0 Å². The van der Waals surface area contributed by atoms with Gasteiger partial charge in [0.1, 0.15) is 5.60 Å². The Hall–Kier alpha value is -1.12. The van der Waals surface area contributed by atoms with E-state index in [-0.39, 0.29) is 11.9 Å². The minimum atomic E-state index is -0.345. The van der Waals surface area contributed by atoms with E-state index in [4.69, 9.17) is 9.47 Å². The van der Waals surface area contributed by atoms with Crippen molar-refractivity contribution in [1.29, 1.82) is 0 Å². The number of rotatable bonds is 2. The molecule has 0 spiro atoms. The van der Waals surface area contributed by atoms with Crippen LogP contribution in [0.5, 0.6) is 0 Å². The van der Waals surface area contributed by atoms with E-state index in [9.17, 15) is 0 Å². The predicted molar refractivity (Wildman–Crippen MR) is 54.8 cm³/mol. The summed E-state index contributed by atoms with van der Waals surface area (Å²) >= 11 is 0. The normalized spacial score (nSPS) is 30.9. The Morgan fingerprint density at radius 3 is 2.57 bits per heavy atom. The van der Waals surface area contributed by atoms with Gasteiger partial charge in [-0.15, -0.1) is 0 Å². The van der Waals surface area contributed by atoms with Crippen LogP contribution in [0.15, 0.2) is 42.5 Å². The van der Waals surface area contributed by atoms with Crippen LogP contribution in [0.25, 0.3) is 0 Å². The molecule has 0 saturated heterocycles. The molecule has 0 radical (unpaired) electrons. The van der Waals surface area contributed by atoms with Gasteiger partial charge in [0.25, 0.3) is 0 Å². The van der Waals surface area contributed by atoms with E-state index in [1.54, 1.807) is 7.11 Å². The molecule has 0 aliphatic carbocycles. The summed E-state index contributed by atoms with van der Waals surface area (Å²) in [4.78, 5) is 0. The Morgan fingerprint density at radius 2 is 2.00 bits per heavy atom. The number of benzene rings is 1. The molecule has 0 fully saturated rings. The molecule has 1 aliphatic rings. The molecule has 1 aromatic rings. The highest BCUT2D eigenvalue weighted by molar-refractivity contribution is 5.28. The third-order valence-electron chi connectivity index (χ3n) is 2.51. The fraction of sp³-hybridized carbons (Fsp3) is 0.333. The molecule has 2 heteroatoms. The maximum absolute atomic E-state index is 5.75. The molecule has 0 bridgehead atoms. The lowest BCUT2D eigenvalue weighted by Crippen LogP contribution is -2.23. The van der Waals surface area contributed by atoms with Gasteiger partial charge < -0.3 is 9.47 Å². The van der Waals surface area contributed by atoms with Crippen LogP contribution in [-0.2, 0) is 15.1 Å². The molecule has 0 saturated carbocycles. The van der Waals surface area contributed by atoms with Gasteiger partial charge in [-0.05, 0) is 24.6 Å². The molecule has 1 heterocycles. The molecule has 0 amide bonds.